The summed E-state index contributed by atoms with van der Waals surface area (Å²) in [7, 11) is 0. The van der Waals surface area contributed by atoms with E-state index in [1.165, 1.54) is 0 Å². The molecule has 1 N–H and O–H groups in total. The van der Waals surface area contributed by atoms with Gasteiger partial charge in [-0.05, 0) is 36.4 Å². The van der Waals surface area contributed by atoms with Crippen LogP contribution in [0.3, 0.4) is 0 Å². The molecule has 6 nitrogen and oxygen atoms in total. The Morgan fingerprint density at radius 1 is 0.968 bits per heavy atom. The van der Waals surface area contributed by atoms with Gasteiger partial charge in [-0.25, -0.2) is 0 Å². The third kappa shape index (κ3) is 5.22. The number of ether oxygens (including phenoxy) is 1. The smallest absolute Gasteiger partial charge is 0.292 e. The highest BCUT2D eigenvalue weighted by molar-refractivity contribution is 6.36. The lowest BCUT2D eigenvalue weighted by Gasteiger charge is -2.07. The predicted molar refractivity (Wildman–Crippen MR) is 120 cm³/mol. The molecule has 0 radical (unpaired) electrons. The minimum absolute atomic E-state index is 0.140. The summed E-state index contributed by atoms with van der Waals surface area (Å²) in [5.74, 6) is 1.12. The molecule has 0 aliphatic carbocycles. The van der Waals surface area contributed by atoms with Crippen LogP contribution in [0.2, 0.25) is 15.1 Å². The third-order valence-corrected chi connectivity index (χ3v) is 5.38. The molecule has 0 aliphatic heterocycles. The van der Waals surface area contributed by atoms with Crippen molar-refractivity contribution in [3.8, 4) is 5.75 Å². The van der Waals surface area contributed by atoms with Crippen LogP contribution in [0.15, 0.2) is 71.3 Å². The van der Waals surface area contributed by atoms with Gasteiger partial charge in [0.25, 0.3) is 5.91 Å². The number of hydrogen-bond acceptors (Lipinski definition) is 4. The number of hydrogen-bond donors (Lipinski definition) is 1. The highest BCUT2D eigenvalue weighted by Crippen LogP contribution is 2.26. The van der Waals surface area contributed by atoms with Crippen LogP contribution < -0.4 is 10.1 Å². The molecule has 0 spiro atoms. The van der Waals surface area contributed by atoms with E-state index in [1.807, 2.05) is 12.1 Å². The number of benzene rings is 2. The Morgan fingerprint density at radius 2 is 1.71 bits per heavy atom. The Balaban J connectivity index is 1.36. The van der Waals surface area contributed by atoms with Gasteiger partial charge in [0.1, 0.15) is 18.1 Å². The highest BCUT2D eigenvalue weighted by atomic mass is 35.5. The second-order valence-electron chi connectivity index (χ2n) is 6.54. The minimum Gasteiger partial charge on any atom is -0.484 e. The number of rotatable bonds is 7. The van der Waals surface area contributed by atoms with E-state index in [0.717, 1.165) is 5.56 Å². The molecule has 0 unspecified atom stereocenters. The Kier molecular flexibility index (Phi) is 6.51. The highest BCUT2D eigenvalue weighted by Gasteiger charge is 2.14. The van der Waals surface area contributed by atoms with Gasteiger partial charge in [0, 0.05) is 27.9 Å². The summed E-state index contributed by atoms with van der Waals surface area (Å²) in [4.78, 5) is 12.5. The van der Waals surface area contributed by atoms with Crippen LogP contribution in [-0.4, -0.2) is 15.7 Å². The Labute approximate surface area is 193 Å². The van der Waals surface area contributed by atoms with Gasteiger partial charge in [-0.2, -0.15) is 5.10 Å². The maximum atomic E-state index is 12.5. The summed E-state index contributed by atoms with van der Waals surface area (Å²) in [6.45, 7) is 0.517. The van der Waals surface area contributed by atoms with Crippen LogP contribution >= 0.6 is 34.8 Å². The van der Waals surface area contributed by atoms with Crippen LogP contribution in [0.4, 0.5) is 5.82 Å². The lowest BCUT2D eigenvalue weighted by Crippen LogP contribution is -2.12. The molecule has 0 fully saturated rings. The Morgan fingerprint density at radius 3 is 2.48 bits per heavy atom. The van der Waals surface area contributed by atoms with E-state index in [4.69, 9.17) is 44.0 Å². The molecule has 0 saturated heterocycles. The topological polar surface area (TPSA) is 69.3 Å². The number of furan rings is 1. The average Bonchev–Trinajstić information content (AvgIpc) is 3.40. The molecule has 158 valence electrons. The molecule has 2 heterocycles. The average molecular weight is 477 g/mol. The van der Waals surface area contributed by atoms with Crippen molar-refractivity contribution in [2.45, 2.75) is 13.2 Å². The van der Waals surface area contributed by atoms with Gasteiger partial charge in [-0.3, -0.25) is 9.48 Å². The lowest BCUT2D eigenvalue weighted by atomic mass is 10.2. The second kappa shape index (κ2) is 9.47. The van der Waals surface area contributed by atoms with Crippen LogP contribution in [-0.2, 0) is 13.2 Å². The van der Waals surface area contributed by atoms with Gasteiger partial charge in [0.05, 0.1) is 11.6 Å². The van der Waals surface area contributed by atoms with E-state index < -0.39 is 5.91 Å². The van der Waals surface area contributed by atoms with Crippen LogP contribution in [0.25, 0.3) is 0 Å². The number of carbonyl (C=O) groups excluding carboxylic acids is 1. The van der Waals surface area contributed by atoms with Crippen molar-refractivity contribution in [3.05, 3.63) is 99.0 Å². The lowest BCUT2D eigenvalue weighted by molar-refractivity contribution is 0.0992. The number of para-hydroxylation sites is 1. The van der Waals surface area contributed by atoms with Crippen molar-refractivity contribution in [1.82, 2.24) is 9.78 Å². The molecular weight excluding hydrogens is 461 g/mol. The fourth-order valence-electron chi connectivity index (χ4n) is 2.83. The molecule has 0 atom stereocenters. The van der Waals surface area contributed by atoms with Crippen molar-refractivity contribution >= 4 is 46.5 Å². The van der Waals surface area contributed by atoms with Crippen molar-refractivity contribution in [2.75, 3.05) is 5.32 Å². The first-order valence-electron chi connectivity index (χ1n) is 9.23. The van der Waals surface area contributed by atoms with E-state index in [0.29, 0.717) is 38.9 Å². The summed E-state index contributed by atoms with van der Waals surface area (Å²) in [6, 6.07) is 17.3. The molecule has 2 aromatic heterocycles. The fourth-order valence-corrected chi connectivity index (χ4v) is 3.54. The monoisotopic (exact) mass is 475 g/mol. The van der Waals surface area contributed by atoms with Gasteiger partial charge >= 0.3 is 0 Å². The van der Waals surface area contributed by atoms with Crippen molar-refractivity contribution in [2.24, 2.45) is 0 Å². The molecule has 4 rings (SSSR count). The van der Waals surface area contributed by atoms with E-state index in [-0.39, 0.29) is 12.4 Å². The molecule has 9 heteroatoms. The number of amides is 1. The maximum absolute atomic E-state index is 12.5. The van der Waals surface area contributed by atoms with Gasteiger partial charge in [-0.1, -0.05) is 53.0 Å². The zero-order valence-electron chi connectivity index (χ0n) is 16.0. The van der Waals surface area contributed by atoms with Crippen molar-refractivity contribution in [1.29, 1.82) is 0 Å². The molecular formula is C22H16Cl3N3O3. The summed E-state index contributed by atoms with van der Waals surface area (Å²) < 4.78 is 12.8. The minimum atomic E-state index is -0.426. The van der Waals surface area contributed by atoms with E-state index >= 15 is 0 Å². The van der Waals surface area contributed by atoms with Gasteiger partial charge in [0.15, 0.2) is 11.6 Å². The van der Waals surface area contributed by atoms with Crippen molar-refractivity contribution in [3.63, 3.8) is 0 Å². The first kappa shape index (κ1) is 21.3. The molecule has 0 saturated carbocycles. The van der Waals surface area contributed by atoms with Crippen molar-refractivity contribution < 1.29 is 13.9 Å². The normalized spacial score (nSPS) is 10.8. The zero-order chi connectivity index (χ0) is 21.8. The Bertz CT molecular complexity index is 1200. The third-order valence-electron chi connectivity index (χ3n) is 4.36. The Hall–Kier alpha value is -2.93. The molecule has 0 aliphatic rings. The molecule has 2 aromatic carbocycles. The number of nitrogens with one attached hydrogen (secondary N) is 1. The van der Waals surface area contributed by atoms with E-state index in [2.05, 4.69) is 10.4 Å². The first-order valence-corrected chi connectivity index (χ1v) is 10.4. The number of aromatic nitrogens is 2. The number of halogens is 3. The van der Waals surface area contributed by atoms with Crippen LogP contribution in [0.1, 0.15) is 21.9 Å². The maximum Gasteiger partial charge on any atom is 0.292 e. The summed E-state index contributed by atoms with van der Waals surface area (Å²) >= 11 is 18.5. The molecule has 31 heavy (non-hydrogen) atoms. The van der Waals surface area contributed by atoms with Gasteiger partial charge in [0.2, 0.25) is 0 Å². The van der Waals surface area contributed by atoms with Gasteiger partial charge < -0.3 is 14.5 Å². The summed E-state index contributed by atoms with van der Waals surface area (Å²) in [5, 5.41) is 8.63. The number of nitrogens with zero attached hydrogens (tertiary/aromatic N) is 2. The second-order valence-corrected chi connectivity index (χ2v) is 7.76. The number of carbonyl (C=O) groups is 1. The standard InChI is InChI=1S/C22H16Cl3N3O3/c23-16-5-3-6-17(24)15(16)12-28-11-10-21(27-28)26-22(29)20-9-8-14(31-20)13-30-19-7-2-1-4-18(19)25/h1-11H,12-13H2,(H,26,27,29). The summed E-state index contributed by atoms with van der Waals surface area (Å²) in [6.07, 6.45) is 1.72. The predicted octanol–water partition coefficient (Wildman–Crippen LogP) is 6.32. The van der Waals surface area contributed by atoms with E-state index in [1.54, 1.807) is 59.4 Å². The SMILES string of the molecule is O=C(Nc1ccn(Cc2c(Cl)cccc2Cl)n1)c1ccc(COc2ccccc2Cl)o1. The quantitative estimate of drug-likeness (QED) is 0.339. The van der Waals surface area contributed by atoms with Crippen LogP contribution in [0.5, 0.6) is 5.75 Å². The first-order chi connectivity index (χ1) is 15.0. The fraction of sp³-hybridized carbons (Fsp3) is 0.0909. The molecule has 4 aromatic rings. The van der Waals surface area contributed by atoms with E-state index in [9.17, 15) is 4.79 Å². The van der Waals surface area contributed by atoms with Crippen LogP contribution in [0, 0.1) is 0 Å². The number of anilines is 1. The molecule has 1 amide bonds. The molecule has 0 bridgehead atoms. The summed E-state index contributed by atoms with van der Waals surface area (Å²) in [5.41, 5.74) is 0.751. The van der Waals surface area contributed by atoms with Gasteiger partial charge in [-0.15, -0.1) is 0 Å². The largest absolute Gasteiger partial charge is 0.484 e. The zero-order valence-corrected chi connectivity index (χ0v) is 18.3.